The molecule has 0 radical (unpaired) electrons. The molecule has 0 amide bonds. The van der Waals surface area contributed by atoms with E-state index in [9.17, 15) is 58.1 Å². The molecule has 0 saturated carbocycles. The molecule has 0 aliphatic heterocycles. The molecule has 16 heteroatoms. The first-order chi connectivity index (χ1) is 16.0. The molecule has 0 aromatic carbocycles. The van der Waals surface area contributed by atoms with Gasteiger partial charge in [-0.15, -0.1) is 0 Å². The Morgan fingerprint density at radius 1 is 0.541 bits per heavy atom. The predicted octanol–water partition coefficient (Wildman–Crippen LogP) is -0.227. The van der Waals surface area contributed by atoms with Crippen LogP contribution in [0.4, 0.5) is 0 Å². The molecule has 9 unspecified atom stereocenters. The van der Waals surface area contributed by atoms with Crippen LogP contribution in [0, 0.1) is 17.8 Å². The van der Waals surface area contributed by atoms with Crippen LogP contribution in [0.1, 0.15) is 62.3 Å². The number of rotatable bonds is 12. The van der Waals surface area contributed by atoms with Gasteiger partial charge in [0.1, 0.15) is 0 Å². The van der Waals surface area contributed by atoms with Crippen LogP contribution in [0.15, 0.2) is 0 Å². The normalized spacial score (nSPS) is 20.4. The smallest absolute Gasteiger partial charge is 0.550 e. The van der Waals surface area contributed by atoms with Crippen molar-refractivity contribution in [2.75, 3.05) is 18.5 Å². The first-order valence-electron chi connectivity index (χ1n) is 11.5. The quantitative estimate of drug-likeness (QED) is 0.193. The van der Waals surface area contributed by atoms with E-state index >= 15 is 0 Å². The summed E-state index contributed by atoms with van der Waals surface area (Å²) in [6, 6.07) is 0. The average molecular weight is 606 g/mol. The van der Waals surface area contributed by atoms with Crippen LogP contribution < -0.4 is 15.3 Å². The molecule has 9 atom stereocenters. The minimum atomic E-state index is -3.30. The Labute approximate surface area is 230 Å². The van der Waals surface area contributed by atoms with E-state index in [0.717, 1.165) is 0 Å². The van der Waals surface area contributed by atoms with E-state index in [4.69, 9.17) is 0 Å². The van der Waals surface area contributed by atoms with Gasteiger partial charge in [-0.25, -0.2) is 0 Å². The molecule has 0 rings (SSSR count). The number of carbonyl (C=O) groups excluding carboxylic acids is 3. The van der Waals surface area contributed by atoms with E-state index in [1.165, 1.54) is 41.5 Å². The zero-order valence-electron chi connectivity index (χ0n) is 23.0. The minimum Gasteiger partial charge on any atom is -0.550 e. The number of hydrogen-bond acceptors (Lipinski definition) is 9. The van der Waals surface area contributed by atoms with Crippen molar-refractivity contribution in [3.63, 3.8) is 0 Å². The van der Waals surface area contributed by atoms with Crippen LogP contribution in [0.25, 0.3) is 0 Å². The van der Waals surface area contributed by atoms with Crippen molar-refractivity contribution in [2.24, 2.45) is 17.8 Å². The van der Waals surface area contributed by atoms with Crippen molar-refractivity contribution in [1.29, 1.82) is 0 Å². The second-order valence-corrected chi connectivity index (χ2v) is 17.6. The summed E-state index contributed by atoms with van der Waals surface area (Å²) in [6.45, 7) is 13.3. The molecule has 0 aromatic heterocycles. The van der Waals surface area contributed by atoms with Gasteiger partial charge in [0.15, 0.2) is 0 Å². The monoisotopic (exact) mass is 606 g/mol. The largest absolute Gasteiger partial charge is 3.00 e. The van der Waals surface area contributed by atoms with Gasteiger partial charge in [-0.2, -0.15) is 0 Å². The van der Waals surface area contributed by atoms with Crippen molar-refractivity contribution in [3.05, 3.63) is 0 Å². The molecule has 0 aromatic rings. The van der Waals surface area contributed by atoms with Gasteiger partial charge in [-0.05, 0) is 0 Å². The molecule has 0 saturated heterocycles. The van der Waals surface area contributed by atoms with Gasteiger partial charge in [-0.1, -0.05) is 62.3 Å². The SMILES string of the molecule is CCP(=O)(O)C(C)C(C)C(=O)[O-].CCP(=O)(O)C(C)C(C)C(=O)[O-].CCP(=O)(O)C(C)C(C)C(=O)[O-].[Al+3]. The Morgan fingerprint density at radius 3 is 0.757 bits per heavy atom. The summed E-state index contributed by atoms with van der Waals surface area (Å²) < 4.78 is 33.9. The predicted molar refractivity (Wildman–Crippen MR) is 138 cm³/mol. The topological polar surface area (TPSA) is 232 Å². The maximum absolute atomic E-state index is 11.3. The maximum Gasteiger partial charge on any atom is 3.00 e. The summed E-state index contributed by atoms with van der Waals surface area (Å²) >= 11 is 0. The molecule has 0 spiro atoms. The number of carboxylic acid groups (broad SMARTS) is 3. The van der Waals surface area contributed by atoms with Crippen LogP contribution in [0.5, 0.6) is 0 Å². The summed E-state index contributed by atoms with van der Waals surface area (Å²) in [5.74, 6) is -6.44. The summed E-state index contributed by atoms with van der Waals surface area (Å²) in [5, 5.41) is 31.1. The molecule has 0 heterocycles. The van der Waals surface area contributed by atoms with Crippen LogP contribution in [0.2, 0.25) is 0 Å². The molecular formula is C21H42AlO12P3. The van der Waals surface area contributed by atoms with Crippen molar-refractivity contribution >= 4 is 57.4 Å². The molecule has 0 bridgehead atoms. The van der Waals surface area contributed by atoms with E-state index in [2.05, 4.69) is 0 Å². The fraction of sp³-hybridized carbons (Fsp3) is 0.857. The molecule has 216 valence electrons. The summed E-state index contributed by atoms with van der Waals surface area (Å²) in [6.07, 6.45) is 0.309. The van der Waals surface area contributed by atoms with Gasteiger partial charge in [0.25, 0.3) is 0 Å². The van der Waals surface area contributed by atoms with Gasteiger partial charge < -0.3 is 44.4 Å². The van der Waals surface area contributed by atoms with E-state index in [1.807, 2.05) is 0 Å². The Hall–Kier alpha value is -0.488. The van der Waals surface area contributed by atoms with Gasteiger partial charge in [0.05, 0.1) is 0 Å². The Morgan fingerprint density at radius 2 is 0.676 bits per heavy atom. The molecule has 0 aliphatic rings. The Balaban J connectivity index is -0.000000218. The zero-order valence-corrected chi connectivity index (χ0v) is 26.9. The van der Waals surface area contributed by atoms with Crippen LogP contribution in [-0.4, -0.2) is 85.4 Å². The minimum absolute atomic E-state index is 0. The molecular weight excluding hydrogens is 564 g/mol. The third kappa shape index (κ3) is 15.6. The number of hydrogen-bond donors (Lipinski definition) is 3. The van der Waals surface area contributed by atoms with Crippen LogP contribution >= 0.6 is 22.1 Å². The summed E-state index contributed by atoms with van der Waals surface area (Å²) in [5.41, 5.74) is -2.19. The van der Waals surface area contributed by atoms with Crippen molar-refractivity contribution in [1.82, 2.24) is 0 Å². The zero-order chi connectivity index (χ0) is 29.8. The third-order valence-corrected chi connectivity index (χ3v) is 14.4. The maximum atomic E-state index is 11.3. The fourth-order valence-corrected chi connectivity index (χ4v) is 6.69. The first kappa shape index (κ1) is 43.6. The second-order valence-electron chi connectivity index (χ2n) is 8.76. The summed E-state index contributed by atoms with van der Waals surface area (Å²) in [7, 11) is -9.89. The Kier molecular flexibility index (Phi) is 22.1. The number of carbonyl (C=O) groups is 3. The first-order valence-corrected chi connectivity index (χ1v) is 17.3. The van der Waals surface area contributed by atoms with Crippen molar-refractivity contribution < 1.29 is 58.1 Å². The average Bonchev–Trinajstić information content (AvgIpc) is 2.81. The van der Waals surface area contributed by atoms with Gasteiger partial charge in [0, 0.05) is 71.1 Å². The van der Waals surface area contributed by atoms with E-state index in [-0.39, 0.29) is 35.8 Å². The van der Waals surface area contributed by atoms with E-state index < -0.39 is 74.7 Å². The fourth-order valence-electron chi connectivity index (χ4n) is 2.50. The summed E-state index contributed by atoms with van der Waals surface area (Å²) in [4.78, 5) is 58.9. The van der Waals surface area contributed by atoms with Crippen LogP contribution in [0.3, 0.4) is 0 Å². The van der Waals surface area contributed by atoms with Crippen LogP contribution in [-0.2, 0) is 28.1 Å². The third-order valence-electron chi connectivity index (χ3n) is 6.55. The van der Waals surface area contributed by atoms with Crippen molar-refractivity contribution in [2.45, 2.75) is 79.3 Å². The molecule has 12 nitrogen and oxygen atoms in total. The second kappa shape index (κ2) is 18.7. The van der Waals surface area contributed by atoms with Gasteiger partial charge >= 0.3 is 17.4 Å². The van der Waals surface area contributed by atoms with Gasteiger partial charge in [-0.3, -0.25) is 13.7 Å². The number of aliphatic carboxylic acids is 3. The Bertz CT molecular complexity index is 756. The number of carboxylic acids is 3. The standard InChI is InChI=1S/3C7H15O4P.Al/c3*1-4-12(10,11)6(3)5(2)7(8)9;/h3*5-6H,4H2,1-3H3,(H,8,9)(H,10,11);/q;;;+3/p-3. The van der Waals surface area contributed by atoms with Crippen molar-refractivity contribution in [3.8, 4) is 0 Å². The molecule has 3 N–H and O–H groups in total. The molecule has 37 heavy (non-hydrogen) atoms. The molecule has 0 aliphatic carbocycles. The van der Waals surface area contributed by atoms with E-state index in [0.29, 0.717) is 0 Å². The van der Waals surface area contributed by atoms with Gasteiger partial charge in [0.2, 0.25) is 22.1 Å². The molecule has 0 fully saturated rings. The van der Waals surface area contributed by atoms with E-state index in [1.54, 1.807) is 20.8 Å².